The van der Waals surface area contributed by atoms with Crippen LogP contribution in [0, 0.1) is 0 Å². The van der Waals surface area contributed by atoms with Gasteiger partial charge in [-0.15, -0.1) is 0 Å². The number of carbonyl (C=O) groups is 2. The van der Waals surface area contributed by atoms with Gasteiger partial charge in [-0.25, -0.2) is 18.2 Å². The Bertz CT molecular complexity index is 1230. The highest BCUT2D eigenvalue weighted by Gasteiger charge is 2.50. The van der Waals surface area contributed by atoms with Gasteiger partial charge < -0.3 is 4.90 Å². The highest BCUT2D eigenvalue weighted by molar-refractivity contribution is 7.89. The average Bonchev–Trinajstić information content (AvgIpc) is 3.56. The maximum atomic E-state index is 13.2. The van der Waals surface area contributed by atoms with E-state index in [0.717, 1.165) is 29.7 Å². The minimum absolute atomic E-state index is 0.0328. The monoisotopic (exact) mass is 509 g/mol. The van der Waals surface area contributed by atoms with Crippen molar-refractivity contribution < 1.29 is 18.0 Å². The Morgan fingerprint density at radius 1 is 1.18 bits per heavy atom. The van der Waals surface area contributed by atoms with Crippen molar-refractivity contribution in [1.29, 1.82) is 0 Å². The van der Waals surface area contributed by atoms with E-state index in [9.17, 15) is 18.0 Å². The van der Waals surface area contributed by atoms with E-state index >= 15 is 0 Å². The summed E-state index contributed by atoms with van der Waals surface area (Å²) in [6, 6.07) is 4.62. The molecule has 4 heterocycles. The van der Waals surface area contributed by atoms with Crippen LogP contribution in [0.15, 0.2) is 29.3 Å². The molecular formula is C21H24ClN5O4S2. The van der Waals surface area contributed by atoms with E-state index in [2.05, 4.69) is 10.3 Å². The van der Waals surface area contributed by atoms with Gasteiger partial charge in [0.15, 0.2) is 5.13 Å². The molecule has 33 heavy (non-hydrogen) atoms. The molecule has 1 unspecified atom stereocenters. The first-order valence-corrected chi connectivity index (χ1v) is 13.4. The van der Waals surface area contributed by atoms with Gasteiger partial charge in [-0.2, -0.15) is 4.31 Å². The highest BCUT2D eigenvalue weighted by Crippen LogP contribution is 2.47. The Morgan fingerprint density at radius 3 is 2.58 bits per heavy atom. The molecule has 0 saturated carbocycles. The van der Waals surface area contributed by atoms with Gasteiger partial charge in [0.1, 0.15) is 4.34 Å². The fourth-order valence-electron chi connectivity index (χ4n) is 5.03. The first-order chi connectivity index (χ1) is 15.7. The van der Waals surface area contributed by atoms with Gasteiger partial charge in [-0.1, -0.05) is 22.9 Å². The van der Waals surface area contributed by atoms with Crippen molar-refractivity contribution in [3.63, 3.8) is 0 Å². The number of amides is 3. The van der Waals surface area contributed by atoms with Gasteiger partial charge in [-0.3, -0.25) is 15.0 Å². The molecule has 2 fully saturated rings. The van der Waals surface area contributed by atoms with E-state index < -0.39 is 15.4 Å². The molecule has 1 aromatic carbocycles. The van der Waals surface area contributed by atoms with Crippen LogP contribution < -0.4 is 10.2 Å². The molecule has 0 aliphatic carbocycles. The number of urea groups is 1. The number of sulfonamides is 1. The van der Waals surface area contributed by atoms with Gasteiger partial charge >= 0.3 is 6.03 Å². The predicted molar refractivity (Wildman–Crippen MR) is 126 cm³/mol. The van der Waals surface area contributed by atoms with Crippen molar-refractivity contribution in [3.8, 4) is 0 Å². The van der Waals surface area contributed by atoms with Crippen LogP contribution in [0.2, 0.25) is 4.34 Å². The van der Waals surface area contributed by atoms with Gasteiger partial charge in [0.2, 0.25) is 15.9 Å². The second kappa shape index (κ2) is 8.23. The van der Waals surface area contributed by atoms with Crippen LogP contribution in [-0.2, 0) is 20.2 Å². The second-order valence-electron chi connectivity index (χ2n) is 8.75. The summed E-state index contributed by atoms with van der Waals surface area (Å²) >= 11 is 7.10. The topological polar surface area (TPSA) is 103 Å². The molecule has 5 rings (SSSR count). The van der Waals surface area contributed by atoms with Crippen LogP contribution in [0.1, 0.15) is 31.7 Å². The number of rotatable bonds is 3. The molecule has 3 aliphatic heterocycles. The zero-order valence-electron chi connectivity index (χ0n) is 18.1. The lowest BCUT2D eigenvalue weighted by atomic mass is 9.81. The molecule has 0 radical (unpaired) electrons. The Balaban J connectivity index is 1.53. The molecule has 3 amide bonds. The van der Waals surface area contributed by atoms with Gasteiger partial charge in [-0.05, 0) is 43.0 Å². The lowest BCUT2D eigenvalue weighted by molar-refractivity contribution is -0.127. The molecule has 1 atom stereocenters. The van der Waals surface area contributed by atoms with Crippen molar-refractivity contribution in [2.75, 3.05) is 42.9 Å². The van der Waals surface area contributed by atoms with E-state index in [1.807, 2.05) is 0 Å². The summed E-state index contributed by atoms with van der Waals surface area (Å²) in [7, 11) is -3.61. The van der Waals surface area contributed by atoms with Crippen LogP contribution in [-0.4, -0.2) is 67.3 Å². The average molecular weight is 510 g/mol. The summed E-state index contributed by atoms with van der Waals surface area (Å²) in [6.45, 7) is 3.93. The molecule has 12 heteroatoms. The maximum Gasteiger partial charge on any atom is 0.328 e. The summed E-state index contributed by atoms with van der Waals surface area (Å²) in [5.74, 6) is -0.0328. The van der Waals surface area contributed by atoms with E-state index in [0.29, 0.717) is 54.3 Å². The number of carbonyl (C=O) groups excluding carboxylic acids is 2. The number of anilines is 2. The lowest BCUT2D eigenvalue weighted by Gasteiger charge is -2.25. The largest absolute Gasteiger partial charge is 0.342 e. The van der Waals surface area contributed by atoms with Crippen LogP contribution in [0.25, 0.3) is 0 Å². The molecule has 2 saturated heterocycles. The van der Waals surface area contributed by atoms with Crippen LogP contribution in [0.3, 0.4) is 0 Å². The molecule has 0 bridgehead atoms. The molecule has 1 aromatic heterocycles. The van der Waals surface area contributed by atoms with Crippen molar-refractivity contribution in [2.24, 2.45) is 0 Å². The predicted octanol–water partition coefficient (Wildman–Crippen LogP) is 3.12. The second-order valence-corrected chi connectivity index (χ2v) is 12.3. The number of thiazole rings is 1. The summed E-state index contributed by atoms with van der Waals surface area (Å²) in [5.41, 5.74) is 0.926. The molecular weight excluding hydrogens is 486 g/mol. The number of halogens is 1. The standard InChI is InChI=1S/C21H24ClN5O4S2/c1-14(28)25-9-6-21(12-25)13-27(20(29)24-19-23-11-18(22)32-19)17-5-4-15(10-16(17)21)33(30,31)26-7-2-3-8-26/h4-5,10-11H,2-3,6-9,12-13H2,1H3,(H,23,24,29). The molecule has 1 spiro atoms. The summed E-state index contributed by atoms with van der Waals surface area (Å²) in [5, 5.41) is 3.17. The number of likely N-dealkylation sites (tertiary alicyclic amines) is 1. The van der Waals surface area contributed by atoms with Crippen molar-refractivity contribution in [1.82, 2.24) is 14.2 Å². The minimum Gasteiger partial charge on any atom is -0.342 e. The number of fused-ring (bicyclic) bond motifs is 2. The number of nitrogens with one attached hydrogen (secondary N) is 1. The Labute approximate surface area is 201 Å². The highest BCUT2D eigenvalue weighted by atomic mass is 35.5. The SMILES string of the molecule is CC(=O)N1CCC2(C1)CN(C(=O)Nc1ncc(Cl)s1)c1ccc(S(=O)(=O)N3CCCC3)cc12. The minimum atomic E-state index is -3.61. The van der Waals surface area contributed by atoms with Crippen molar-refractivity contribution >= 4 is 55.7 Å². The van der Waals surface area contributed by atoms with E-state index in [1.54, 1.807) is 28.0 Å². The van der Waals surface area contributed by atoms with Crippen molar-refractivity contribution in [2.45, 2.75) is 36.5 Å². The Hall–Kier alpha value is -2.21. The van der Waals surface area contributed by atoms with E-state index in [-0.39, 0.29) is 16.8 Å². The Morgan fingerprint density at radius 2 is 1.94 bits per heavy atom. The third-order valence-corrected chi connectivity index (χ3v) is 9.65. The molecule has 9 nitrogen and oxygen atoms in total. The fourth-order valence-corrected chi connectivity index (χ4v) is 7.37. The molecule has 176 valence electrons. The maximum absolute atomic E-state index is 13.2. The normalized spacial score (nSPS) is 22.8. The first kappa shape index (κ1) is 22.6. The quantitative estimate of drug-likeness (QED) is 0.684. The van der Waals surface area contributed by atoms with E-state index in [4.69, 9.17) is 11.6 Å². The third kappa shape index (κ3) is 3.90. The fraction of sp³-hybridized carbons (Fsp3) is 0.476. The van der Waals surface area contributed by atoms with Gasteiger partial charge in [0.05, 0.1) is 11.1 Å². The third-order valence-electron chi connectivity index (χ3n) is 6.73. The van der Waals surface area contributed by atoms with E-state index in [1.165, 1.54) is 17.4 Å². The molecule has 1 N–H and O–H groups in total. The zero-order chi connectivity index (χ0) is 23.4. The Kier molecular flexibility index (Phi) is 5.63. The number of benzene rings is 1. The summed E-state index contributed by atoms with van der Waals surface area (Å²) in [4.78, 5) is 32.9. The lowest BCUT2D eigenvalue weighted by Crippen LogP contribution is -2.41. The number of aromatic nitrogens is 1. The van der Waals surface area contributed by atoms with Crippen LogP contribution in [0.5, 0.6) is 0 Å². The number of hydrogen-bond donors (Lipinski definition) is 1. The van der Waals surface area contributed by atoms with Gasteiger partial charge in [0.25, 0.3) is 0 Å². The van der Waals surface area contributed by atoms with Crippen molar-refractivity contribution in [3.05, 3.63) is 34.3 Å². The molecule has 2 aromatic rings. The summed E-state index contributed by atoms with van der Waals surface area (Å²) < 4.78 is 28.4. The summed E-state index contributed by atoms with van der Waals surface area (Å²) in [6.07, 6.45) is 3.84. The van der Waals surface area contributed by atoms with Crippen LogP contribution >= 0.6 is 22.9 Å². The molecule has 3 aliphatic rings. The number of nitrogens with zero attached hydrogens (tertiary/aromatic N) is 4. The number of hydrogen-bond acceptors (Lipinski definition) is 6. The smallest absolute Gasteiger partial charge is 0.328 e. The van der Waals surface area contributed by atoms with Gasteiger partial charge in [0, 0.05) is 50.7 Å². The first-order valence-electron chi connectivity index (χ1n) is 10.8. The van der Waals surface area contributed by atoms with Crippen LogP contribution in [0.4, 0.5) is 15.6 Å². The zero-order valence-corrected chi connectivity index (χ0v) is 20.5.